The third-order valence-electron chi connectivity index (χ3n) is 2.63. The minimum Gasteiger partial charge on any atom is -0.256 e. The van der Waals surface area contributed by atoms with Gasteiger partial charge in [0.15, 0.2) is 0 Å². The fraction of sp³-hybridized carbons (Fsp3) is 0.400. The molecule has 0 bridgehead atoms. The number of fused-ring (bicyclic) bond motifs is 1. The van der Waals surface area contributed by atoms with E-state index < -0.39 is 0 Å². The van der Waals surface area contributed by atoms with Crippen molar-refractivity contribution in [2.75, 3.05) is 0 Å². The molecule has 0 aliphatic heterocycles. The van der Waals surface area contributed by atoms with Gasteiger partial charge in [0, 0.05) is 11.6 Å². The van der Waals surface area contributed by atoms with Gasteiger partial charge in [-0.25, -0.2) is 0 Å². The van der Waals surface area contributed by atoms with Crippen molar-refractivity contribution in [1.29, 1.82) is 0 Å². The standard InChI is InChI=1S/C13H15N.C2H6/c1-9(2)11-7-6-10(3)13-12(11)5-4-8-14-13;1-2/h4-9H,1-3H3;1-2H3. The van der Waals surface area contributed by atoms with E-state index in [1.807, 2.05) is 26.1 Å². The van der Waals surface area contributed by atoms with Crippen molar-refractivity contribution >= 4 is 10.9 Å². The zero-order chi connectivity index (χ0) is 12.1. The van der Waals surface area contributed by atoms with Crippen LogP contribution in [0.15, 0.2) is 30.5 Å². The maximum atomic E-state index is 4.42. The first-order valence-electron chi connectivity index (χ1n) is 6.04. The number of nitrogens with zero attached hydrogens (tertiary/aromatic N) is 1. The zero-order valence-corrected chi connectivity index (χ0v) is 10.9. The molecule has 2 aromatic rings. The lowest BCUT2D eigenvalue weighted by Crippen LogP contribution is -1.92. The molecule has 1 nitrogen and oxygen atoms in total. The Hall–Kier alpha value is -1.37. The molecule has 0 saturated heterocycles. The molecule has 0 spiro atoms. The van der Waals surface area contributed by atoms with Gasteiger partial charge in [0.2, 0.25) is 0 Å². The molecule has 0 fully saturated rings. The zero-order valence-electron chi connectivity index (χ0n) is 10.9. The highest BCUT2D eigenvalue weighted by atomic mass is 14.6. The summed E-state index contributed by atoms with van der Waals surface area (Å²) in [4.78, 5) is 4.42. The van der Waals surface area contributed by atoms with Crippen LogP contribution in [0.25, 0.3) is 10.9 Å². The van der Waals surface area contributed by atoms with E-state index in [9.17, 15) is 0 Å². The van der Waals surface area contributed by atoms with Crippen molar-refractivity contribution in [3.05, 3.63) is 41.6 Å². The molecule has 86 valence electrons. The number of pyridine rings is 1. The summed E-state index contributed by atoms with van der Waals surface area (Å²) in [6.07, 6.45) is 1.86. The van der Waals surface area contributed by atoms with E-state index in [0.29, 0.717) is 5.92 Å². The molecule has 1 heteroatoms. The van der Waals surface area contributed by atoms with Crippen LogP contribution in [0.1, 0.15) is 44.7 Å². The van der Waals surface area contributed by atoms with Crippen molar-refractivity contribution in [2.24, 2.45) is 0 Å². The molecule has 0 aliphatic rings. The Bertz CT molecular complexity index is 458. The first-order chi connectivity index (χ1) is 7.70. The maximum Gasteiger partial charge on any atom is 0.0733 e. The molecule has 0 aliphatic carbocycles. The summed E-state index contributed by atoms with van der Waals surface area (Å²) in [5.41, 5.74) is 3.78. The largest absolute Gasteiger partial charge is 0.256 e. The Balaban J connectivity index is 0.000000606. The second-order valence-electron chi connectivity index (χ2n) is 4.03. The second kappa shape index (κ2) is 5.64. The average molecular weight is 215 g/mol. The Labute approximate surface area is 98.5 Å². The number of benzene rings is 1. The average Bonchev–Trinajstić information content (AvgIpc) is 2.32. The van der Waals surface area contributed by atoms with E-state index in [0.717, 1.165) is 5.52 Å². The van der Waals surface area contributed by atoms with Crippen LogP contribution >= 0.6 is 0 Å². The third-order valence-corrected chi connectivity index (χ3v) is 2.63. The summed E-state index contributed by atoms with van der Waals surface area (Å²) < 4.78 is 0. The van der Waals surface area contributed by atoms with Gasteiger partial charge in [0.25, 0.3) is 0 Å². The van der Waals surface area contributed by atoms with Crippen molar-refractivity contribution in [1.82, 2.24) is 4.98 Å². The summed E-state index contributed by atoms with van der Waals surface area (Å²) in [6, 6.07) is 8.53. The van der Waals surface area contributed by atoms with E-state index >= 15 is 0 Å². The minimum atomic E-state index is 0.558. The number of aryl methyl sites for hydroxylation is 1. The molecule has 2 rings (SSSR count). The van der Waals surface area contributed by atoms with Crippen LogP contribution in [0.5, 0.6) is 0 Å². The molecule has 16 heavy (non-hydrogen) atoms. The predicted octanol–water partition coefficient (Wildman–Crippen LogP) is 4.69. The second-order valence-corrected chi connectivity index (χ2v) is 4.03. The van der Waals surface area contributed by atoms with Crippen LogP contribution < -0.4 is 0 Å². The van der Waals surface area contributed by atoms with Crippen molar-refractivity contribution in [3.63, 3.8) is 0 Å². The van der Waals surface area contributed by atoms with Gasteiger partial charge in [0.1, 0.15) is 0 Å². The van der Waals surface area contributed by atoms with Gasteiger partial charge in [-0.3, -0.25) is 4.98 Å². The Kier molecular flexibility index (Phi) is 4.48. The number of hydrogen-bond acceptors (Lipinski definition) is 1. The monoisotopic (exact) mass is 215 g/mol. The molecule has 0 atom stereocenters. The van der Waals surface area contributed by atoms with Crippen molar-refractivity contribution < 1.29 is 0 Å². The molecule has 0 N–H and O–H groups in total. The summed E-state index contributed by atoms with van der Waals surface area (Å²) in [6.45, 7) is 10.5. The van der Waals surface area contributed by atoms with Crippen LogP contribution in [0.4, 0.5) is 0 Å². The van der Waals surface area contributed by atoms with E-state index in [2.05, 4.69) is 44.0 Å². The lowest BCUT2D eigenvalue weighted by molar-refractivity contribution is 0.875. The topological polar surface area (TPSA) is 12.9 Å². The normalized spacial score (nSPS) is 10.1. The van der Waals surface area contributed by atoms with Gasteiger partial charge >= 0.3 is 0 Å². The lowest BCUT2D eigenvalue weighted by atomic mass is 9.96. The van der Waals surface area contributed by atoms with Gasteiger partial charge in [-0.1, -0.05) is 45.9 Å². The molecular weight excluding hydrogens is 194 g/mol. The fourth-order valence-electron chi connectivity index (χ4n) is 1.84. The minimum absolute atomic E-state index is 0.558. The van der Waals surface area contributed by atoms with Gasteiger partial charge < -0.3 is 0 Å². The van der Waals surface area contributed by atoms with Crippen LogP contribution in [0.2, 0.25) is 0 Å². The number of rotatable bonds is 1. The summed E-state index contributed by atoms with van der Waals surface area (Å²) in [5, 5.41) is 1.29. The third kappa shape index (κ3) is 2.41. The summed E-state index contributed by atoms with van der Waals surface area (Å²) >= 11 is 0. The van der Waals surface area contributed by atoms with Crippen molar-refractivity contribution in [2.45, 2.75) is 40.5 Å². The van der Waals surface area contributed by atoms with E-state index in [1.54, 1.807) is 0 Å². The SMILES string of the molecule is CC.Cc1ccc(C(C)C)c2cccnc12. The fourth-order valence-corrected chi connectivity index (χ4v) is 1.84. The Morgan fingerprint density at radius 2 is 1.75 bits per heavy atom. The van der Waals surface area contributed by atoms with E-state index in [4.69, 9.17) is 0 Å². The molecule has 1 aromatic heterocycles. The maximum absolute atomic E-state index is 4.42. The van der Waals surface area contributed by atoms with E-state index in [-0.39, 0.29) is 0 Å². The highest BCUT2D eigenvalue weighted by Crippen LogP contribution is 2.25. The predicted molar refractivity (Wildman–Crippen MR) is 71.9 cm³/mol. The Morgan fingerprint density at radius 3 is 2.38 bits per heavy atom. The van der Waals surface area contributed by atoms with Gasteiger partial charge in [-0.15, -0.1) is 0 Å². The highest BCUT2D eigenvalue weighted by molar-refractivity contribution is 5.85. The van der Waals surface area contributed by atoms with Gasteiger partial charge in [0.05, 0.1) is 5.52 Å². The first kappa shape index (κ1) is 12.7. The van der Waals surface area contributed by atoms with Gasteiger partial charge in [-0.05, 0) is 30.0 Å². The van der Waals surface area contributed by atoms with Crippen LogP contribution in [-0.4, -0.2) is 4.98 Å². The molecule has 1 aromatic carbocycles. The van der Waals surface area contributed by atoms with Crippen molar-refractivity contribution in [3.8, 4) is 0 Å². The molecule has 1 heterocycles. The molecule has 0 amide bonds. The first-order valence-corrected chi connectivity index (χ1v) is 6.04. The molecule has 0 radical (unpaired) electrons. The highest BCUT2D eigenvalue weighted by Gasteiger charge is 2.06. The smallest absolute Gasteiger partial charge is 0.0733 e. The van der Waals surface area contributed by atoms with E-state index in [1.165, 1.54) is 16.5 Å². The quantitative estimate of drug-likeness (QED) is 0.672. The lowest BCUT2D eigenvalue weighted by Gasteiger charge is -2.10. The van der Waals surface area contributed by atoms with Gasteiger partial charge in [-0.2, -0.15) is 0 Å². The molecule has 0 saturated carbocycles. The number of aromatic nitrogens is 1. The van der Waals surface area contributed by atoms with Crippen LogP contribution in [0, 0.1) is 6.92 Å². The molecular formula is C15H21N. The van der Waals surface area contributed by atoms with Crippen LogP contribution in [0.3, 0.4) is 0 Å². The van der Waals surface area contributed by atoms with Crippen LogP contribution in [-0.2, 0) is 0 Å². The molecule has 0 unspecified atom stereocenters. The number of hydrogen-bond donors (Lipinski definition) is 0. The Morgan fingerprint density at radius 1 is 1.06 bits per heavy atom. The summed E-state index contributed by atoms with van der Waals surface area (Å²) in [5.74, 6) is 0.558. The summed E-state index contributed by atoms with van der Waals surface area (Å²) in [7, 11) is 0.